The number of ether oxygens (including phenoxy) is 1. The molecule has 0 aliphatic carbocycles. The molecule has 0 aromatic heterocycles. The third kappa shape index (κ3) is 4.85. The van der Waals surface area contributed by atoms with Crippen molar-refractivity contribution in [1.29, 1.82) is 5.26 Å². The third-order valence-corrected chi connectivity index (χ3v) is 6.66. The van der Waals surface area contributed by atoms with Gasteiger partial charge in [-0.05, 0) is 48.5 Å². The number of sulfonamides is 1. The predicted octanol–water partition coefficient (Wildman–Crippen LogP) is 1.51. The summed E-state index contributed by atoms with van der Waals surface area (Å²) in [5, 5.41) is 11.8. The molecule has 8 nitrogen and oxygen atoms in total. The number of piperazine rings is 1. The number of rotatable bonds is 6. The highest BCUT2D eigenvalue weighted by atomic mass is 32.2. The number of anilines is 1. The molecular formula is C20H22N4O4S. The van der Waals surface area contributed by atoms with E-state index in [0.29, 0.717) is 24.4 Å². The monoisotopic (exact) mass is 414 g/mol. The van der Waals surface area contributed by atoms with E-state index in [-0.39, 0.29) is 30.4 Å². The lowest BCUT2D eigenvalue weighted by Gasteiger charge is -2.34. The molecule has 0 bridgehead atoms. The van der Waals surface area contributed by atoms with Crippen LogP contribution in [0.4, 0.5) is 5.69 Å². The Balaban J connectivity index is 1.53. The van der Waals surface area contributed by atoms with E-state index < -0.39 is 10.0 Å². The molecular weight excluding hydrogens is 392 g/mol. The summed E-state index contributed by atoms with van der Waals surface area (Å²) in [6.07, 6.45) is 0. The first-order chi connectivity index (χ1) is 13.9. The summed E-state index contributed by atoms with van der Waals surface area (Å²) in [6.45, 7) is 1.28. The zero-order chi connectivity index (χ0) is 20.9. The van der Waals surface area contributed by atoms with Crippen LogP contribution in [0.2, 0.25) is 0 Å². The van der Waals surface area contributed by atoms with Gasteiger partial charge in [-0.25, -0.2) is 8.42 Å². The molecule has 0 atom stereocenters. The van der Waals surface area contributed by atoms with Crippen molar-refractivity contribution in [3.63, 3.8) is 0 Å². The molecule has 1 fully saturated rings. The molecule has 2 aromatic rings. The quantitative estimate of drug-likeness (QED) is 0.769. The Morgan fingerprint density at radius 1 is 1.07 bits per heavy atom. The summed E-state index contributed by atoms with van der Waals surface area (Å²) in [5.74, 6) is 0.491. The van der Waals surface area contributed by atoms with Gasteiger partial charge in [0.15, 0.2) is 0 Å². The lowest BCUT2D eigenvalue weighted by molar-refractivity contribution is -0.130. The average molecular weight is 414 g/mol. The van der Waals surface area contributed by atoms with Gasteiger partial charge in [-0.15, -0.1) is 0 Å². The number of nitrogens with zero attached hydrogens (tertiary/aromatic N) is 3. The highest BCUT2D eigenvalue weighted by molar-refractivity contribution is 7.89. The molecule has 1 saturated heterocycles. The Kier molecular flexibility index (Phi) is 6.36. The Bertz CT molecular complexity index is 990. The fraction of sp³-hybridized carbons (Fsp3) is 0.300. The van der Waals surface area contributed by atoms with Crippen molar-refractivity contribution in [2.45, 2.75) is 4.90 Å². The lowest BCUT2D eigenvalue weighted by atomic mass is 10.2. The zero-order valence-electron chi connectivity index (χ0n) is 16.0. The maximum absolute atomic E-state index is 12.8. The molecule has 1 aliphatic rings. The van der Waals surface area contributed by atoms with Crippen molar-refractivity contribution in [3.05, 3.63) is 54.1 Å². The molecule has 2 aromatic carbocycles. The van der Waals surface area contributed by atoms with E-state index in [4.69, 9.17) is 10.00 Å². The fourth-order valence-corrected chi connectivity index (χ4v) is 4.45. The smallest absolute Gasteiger partial charge is 0.243 e. The van der Waals surface area contributed by atoms with Gasteiger partial charge in [0.2, 0.25) is 15.9 Å². The van der Waals surface area contributed by atoms with E-state index in [1.165, 1.54) is 23.5 Å². The van der Waals surface area contributed by atoms with E-state index in [9.17, 15) is 13.2 Å². The Morgan fingerprint density at radius 3 is 2.24 bits per heavy atom. The summed E-state index contributed by atoms with van der Waals surface area (Å²) in [4.78, 5) is 14.3. The van der Waals surface area contributed by atoms with Crippen molar-refractivity contribution in [3.8, 4) is 11.8 Å². The summed E-state index contributed by atoms with van der Waals surface area (Å²) in [5.41, 5.74) is 1.30. The second kappa shape index (κ2) is 8.94. The van der Waals surface area contributed by atoms with Crippen LogP contribution in [0.3, 0.4) is 0 Å². The van der Waals surface area contributed by atoms with Crippen molar-refractivity contribution in [2.24, 2.45) is 0 Å². The number of hydrogen-bond donors (Lipinski definition) is 1. The van der Waals surface area contributed by atoms with E-state index >= 15 is 0 Å². The topological polar surface area (TPSA) is 103 Å². The third-order valence-electron chi connectivity index (χ3n) is 4.75. The largest absolute Gasteiger partial charge is 0.497 e. The van der Waals surface area contributed by atoms with Crippen LogP contribution in [0.1, 0.15) is 5.56 Å². The van der Waals surface area contributed by atoms with Gasteiger partial charge in [0.05, 0.1) is 30.2 Å². The van der Waals surface area contributed by atoms with Crippen molar-refractivity contribution < 1.29 is 17.9 Å². The number of nitriles is 1. The molecule has 1 heterocycles. The van der Waals surface area contributed by atoms with Crippen LogP contribution < -0.4 is 10.1 Å². The SMILES string of the molecule is COc1ccc(S(=O)(=O)N2CCN(C(=O)CNc3ccc(C#N)cc3)CC2)cc1. The average Bonchev–Trinajstić information content (AvgIpc) is 2.78. The summed E-state index contributed by atoms with van der Waals surface area (Å²) < 4.78 is 32.0. The molecule has 0 unspecified atom stereocenters. The lowest BCUT2D eigenvalue weighted by Crippen LogP contribution is -2.51. The zero-order valence-corrected chi connectivity index (χ0v) is 16.9. The molecule has 0 radical (unpaired) electrons. The molecule has 9 heteroatoms. The van der Waals surface area contributed by atoms with Gasteiger partial charge in [-0.3, -0.25) is 4.79 Å². The van der Waals surface area contributed by atoms with Crippen LogP contribution in [0.25, 0.3) is 0 Å². The first-order valence-corrected chi connectivity index (χ1v) is 10.5. The van der Waals surface area contributed by atoms with Crippen LogP contribution in [-0.4, -0.2) is 63.4 Å². The normalized spacial score (nSPS) is 14.8. The number of amides is 1. The van der Waals surface area contributed by atoms with Crippen molar-refractivity contribution >= 4 is 21.6 Å². The van der Waals surface area contributed by atoms with Crippen molar-refractivity contribution in [2.75, 3.05) is 45.2 Å². The molecule has 1 aliphatic heterocycles. The highest BCUT2D eigenvalue weighted by Crippen LogP contribution is 2.20. The maximum atomic E-state index is 12.8. The van der Waals surface area contributed by atoms with E-state index in [1.54, 1.807) is 41.3 Å². The van der Waals surface area contributed by atoms with Crippen LogP contribution in [-0.2, 0) is 14.8 Å². The molecule has 3 rings (SSSR count). The number of carbonyl (C=O) groups excluding carboxylic acids is 1. The summed E-state index contributed by atoms with van der Waals surface area (Å²) in [6, 6.07) is 15.1. The molecule has 0 saturated carbocycles. The minimum absolute atomic E-state index is 0.101. The van der Waals surface area contributed by atoms with Crippen LogP contribution in [0, 0.1) is 11.3 Å². The van der Waals surface area contributed by atoms with Gasteiger partial charge in [-0.1, -0.05) is 0 Å². The molecule has 29 heavy (non-hydrogen) atoms. The minimum Gasteiger partial charge on any atom is -0.497 e. The summed E-state index contributed by atoms with van der Waals surface area (Å²) in [7, 11) is -2.08. The van der Waals surface area contributed by atoms with Crippen LogP contribution in [0.15, 0.2) is 53.4 Å². The van der Waals surface area contributed by atoms with E-state index in [0.717, 1.165) is 5.69 Å². The van der Waals surface area contributed by atoms with Gasteiger partial charge in [0.1, 0.15) is 5.75 Å². The Hall–Kier alpha value is -3.09. The van der Waals surface area contributed by atoms with Gasteiger partial charge in [-0.2, -0.15) is 9.57 Å². The van der Waals surface area contributed by atoms with Gasteiger partial charge < -0.3 is 15.0 Å². The summed E-state index contributed by atoms with van der Waals surface area (Å²) >= 11 is 0. The standard InChI is InChI=1S/C20H22N4O4S/c1-28-18-6-8-19(9-7-18)29(26,27)24-12-10-23(11-13-24)20(25)15-22-17-4-2-16(14-21)3-5-17/h2-9,22H,10-13,15H2,1H3. The van der Waals surface area contributed by atoms with Gasteiger partial charge >= 0.3 is 0 Å². The second-order valence-corrected chi connectivity index (χ2v) is 8.44. The van der Waals surface area contributed by atoms with Gasteiger partial charge in [0.25, 0.3) is 0 Å². The fourth-order valence-electron chi connectivity index (χ4n) is 3.03. The number of carbonyl (C=O) groups is 1. The number of benzene rings is 2. The number of nitrogens with one attached hydrogen (secondary N) is 1. The van der Waals surface area contributed by atoms with Gasteiger partial charge in [0, 0.05) is 31.9 Å². The van der Waals surface area contributed by atoms with E-state index in [2.05, 4.69) is 5.32 Å². The molecule has 152 valence electrons. The Morgan fingerprint density at radius 2 is 1.69 bits per heavy atom. The molecule has 1 N–H and O–H groups in total. The second-order valence-electron chi connectivity index (χ2n) is 6.50. The first kappa shape index (κ1) is 20.6. The number of hydrogen-bond acceptors (Lipinski definition) is 6. The van der Waals surface area contributed by atoms with Crippen LogP contribution >= 0.6 is 0 Å². The Labute approximate surface area is 170 Å². The molecule has 0 spiro atoms. The minimum atomic E-state index is -3.60. The highest BCUT2D eigenvalue weighted by Gasteiger charge is 2.30. The maximum Gasteiger partial charge on any atom is 0.243 e. The van der Waals surface area contributed by atoms with Crippen molar-refractivity contribution in [1.82, 2.24) is 9.21 Å². The molecule has 1 amide bonds. The first-order valence-electron chi connectivity index (χ1n) is 9.10. The predicted molar refractivity (Wildman–Crippen MR) is 108 cm³/mol. The van der Waals surface area contributed by atoms with Crippen LogP contribution in [0.5, 0.6) is 5.75 Å². The van der Waals surface area contributed by atoms with E-state index in [1.807, 2.05) is 6.07 Å². The number of methoxy groups -OCH3 is 1.